The summed E-state index contributed by atoms with van der Waals surface area (Å²) in [5, 5.41) is 0.750. The van der Waals surface area contributed by atoms with Gasteiger partial charge in [-0.15, -0.1) is 0 Å². The van der Waals surface area contributed by atoms with Crippen LogP contribution in [0.25, 0.3) is 10.9 Å². The number of hydrogen-bond donors (Lipinski definition) is 0. The SMILES string of the molecule is COc1cccc(C2c3cccn3CCN2C(=O)CN(C2CC2)S(=O)(=O)c2cccc3cccnc23)c1. The molecule has 1 aliphatic heterocycles. The van der Waals surface area contributed by atoms with Crippen LogP contribution in [0.3, 0.4) is 0 Å². The van der Waals surface area contributed by atoms with Gasteiger partial charge in [0.1, 0.15) is 10.6 Å². The Labute approximate surface area is 216 Å². The summed E-state index contributed by atoms with van der Waals surface area (Å²) in [5.74, 6) is 0.489. The largest absolute Gasteiger partial charge is 0.497 e. The van der Waals surface area contributed by atoms with Crippen LogP contribution in [0.4, 0.5) is 0 Å². The lowest BCUT2D eigenvalue weighted by atomic mass is 9.99. The average Bonchev–Trinajstić information content (AvgIpc) is 3.65. The molecule has 1 atom stereocenters. The molecule has 4 aromatic rings. The fraction of sp³-hybridized carbons (Fsp3) is 0.286. The Kier molecular flexibility index (Phi) is 5.97. The molecule has 2 aromatic carbocycles. The summed E-state index contributed by atoms with van der Waals surface area (Å²) in [7, 11) is -2.33. The maximum absolute atomic E-state index is 13.9. The van der Waals surface area contributed by atoms with Crippen LogP contribution in [0.5, 0.6) is 5.75 Å². The minimum Gasteiger partial charge on any atom is -0.497 e. The molecule has 1 amide bonds. The molecule has 1 fully saturated rings. The fourth-order valence-electron chi connectivity index (χ4n) is 5.22. The number of nitrogens with zero attached hydrogens (tertiary/aromatic N) is 4. The molecule has 1 aliphatic carbocycles. The van der Waals surface area contributed by atoms with Crippen molar-refractivity contribution in [3.05, 3.63) is 90.4 Å². The number of rotatable bonds is 7. The third-order valence-electron chi connectivity index (χ3n) is 7.20. The Morgan fingerprint density at radius 3 is 2.68 bits per heavy atom. The molecule has 3 heterocycles. The summed E-state index contributed by atoms with van der Waals surface area (Å²) in [5.41, 5.74) is 2.34. The topological polar surface area (TPSA) is 84.7 Å². The first kappa shape index (κ1) is 23.7. The second-order valence-corrected chi connectivity index (χ2v) is 11.4. The molecule has 1 unspecified atom stereocenters. The molecular weight excluding hydrogens is 488 g/mol. The van der Waals surface area contributed by atoms with Gasteiger partial charge in [0.2, 0.25) is 15.9 Å². The molecule has 0 radical (unpaired) electrons. The van der Waals surface area contributed by atoms with Gasteiger partial charge < -0.3 is 14.2 Å². The van der Waals surface area contributed by atoms with Gasteiger partial charge in [0, 0.05) is 42.6 Å². The summed E-state index contributed by atoms with van der Waals surface area (Å²) >= 11 is 0. The van der Waals surface area contributed by atoms with Crippen molar-refractivity contribution in [1.29, 1.82) is 0 Å². The fourth-order valence-corrected chi connectivity index (χ4v) is 7.02. The van der Waals surface area contributed by atoms with E-state index in [9.17, 15) is 13.2 Å². The number of hydrogen-bond acceptors (Lipinski definition) is 5. The van der Waals surface area contributed by atoms with E-state index in [1.807, 2.05) is 54.7 Å². The van der Waals surface area contributed by atoms with E-state index in [1.54, 1.807) is 36.4 Å². The second kappa shape index (κ2) is 9.32. The first-order valence-corrected chi connectivity index (χ1v) is 13.9. The van der Waals surface area contributed by atoms with E-state index in [2.05, 4.69) is 9.55 Å². The van der Waals surface area contributed by atoms with Gasteiger partial charge in [-0.05, 0) is 54.8 Å². The first-order chi connectivity index (χ1) is 18.0. The molecule has 0 saturated heterocycles. The maximum atomic E-state index is 13.9. The molecule has 8 nitrogen and oxygen atoms in total. The molecule has 1 saturated carbocycles. The van der Waals surface area contributed by atoms with Crippen molar-refractivity contribution in [3.63, 3.8) is 0 Å². The third-order valence-corrected chi connectivity index (χ3v) is 9.13. The molecule has 37 heavy (non-hydrogen) atoms. The Balaban J connectivity index is 1.35. The second-order valence-electron chi connectivity index (χ2n) is 9.51. The van der Waals surface area contributed by atoms with E-state index in [1.165, 1.54) is 4.31 Å². The third kappa shape index (κ3) is 4.28. The van der Waals surface area contributed by atoms with Gasteiger partial charge in [-0.25, -0.2) is 8.42 Å². The highest BCUT2D eigenvalue weighted by Crippen LogP contribution is 2.37. The van der Waals surface area contributed by atoms with Crippen molar-refractivity contribution >= 4 is 26.8 Å². The average molecular weight is 517 g/mol. The van der Waals surface area contributed by atoms with Crippen molar-refractivity contribution in [2.24, 2.45) is 0 Å². The van der Waals surface area contributed by atoms with E-state index in [4.69, 9.17) is 4.74 Å². The smallest absolute Gasteiger partial charge is 0.245 e. The standard InChI is InChI=1S/C28H28N4O4S/c1-36-23-9-2-7-21(18-23)28-24-10-5-15-30(24)16-17-31(28)26(33)19-32(22-12-13-22)37(34,35)25-11-3-6-20-8-4-14-29-27(20)25/h2-11,14-15,18,22,28H,12-13,16-17,19H2,1H3. The van der Waals surface area contributed by atoms with Gasteiger partial charge in [0.05, 0.1) is 25.2 Å². The Bertz CT molecular complexity index is 1570. The van der Waals surface area contributed by atoms with Crippen LogP contribution in [0.1, 0.15) is 30.1 Å². The number of benzene rings is 2. The molecule has 9 heteroatoms. The number of para-hydroxylation sites is 1. The quantitative estimate of drug-likeness (QED) is 0.373. The molecular formula is C28H28N4O4S. The van der Waals surface area contributed by atoms with Gasteiger partial charge in [-0.2, -0.15) is 4.31 Å². The Morgan fingerprint density at radius 2 is 1.86 bits per heavy atom. The minimum atomic E-state index is -3.94. The van der Waals surface area contributed by atoms with E-state index in [0.717, 1.165) is 29.5 Å². The molecule has 0 spiro atoms. The number of carbonyl (C=O) groups is 1. The Morgan fingerprint density at radius 1 is 1.05 bits per heavy atom. The lowest BCUT2D eigenvalue weighted by Gasteiger charge is -2.38. The number of fused-ring (bicyclic) bond motifs is 2. The van der Waals surface area contributed by atoms with E-state index >= 15 is 0 Å². The number of ether oxygens (including phenoxy) is 1. The van der Waals surface area contributed by atoms with E-state index in [0.29, 0.717) is 24.4 Å². The minimum absolute atomic E-state index is 0.141. The van der Waals surface area contributed by atoms with Crippen LogP contribution in [0.15, 0.2) is 84.0 Å². The molecule has 2 aromatic heterocycles. The number of sulfonamides is 1. The maximum Gasteiger partial charge on any atom is 0.245 e. The van der Waals surface area contributed by atoms with Crippen molar-refractivity contribution in [1.82, 2.24) is 18.8 Å². The van der Waals surface area contributed by atoms with Crippen molar-refractivity contribution < 1.29 is 17.9 Å². The lowest BCUT2D eigenvalue weighted by molar-refractivity contribution is -0.134. The van der Waals surface area contributed by atoms with Crippen molar-refractivity contribution in [2.45, 2.75) is 36.4 Å². The summed E-state index contributed by atoms with van der Waals surface area (Å²) in [6.45, 7) is 0.923. The van der Waals surface area contributed by atoms with E-state index < -0.39 is 10.0 Å². The number of methoxy groups -OCH3 is 1. The van der Waals surface area contributed by atoms with Crippen LogP contribution in [0.2, 0.25) is 0 Å². The highest BCUT2D eigenvalue weighted by Gasteiger charge is 2.42. The van der Waals surface area contributed by atoms with Gasteiger partial charge in [-0.1, -0.05) is 30.3 Å². The molecule has 2 aliphatic rings. The number of amides is 1. The van der Waals surface area contributed by atoms with E-state index in [-0.39, 0.29) is 29.4 Å². The monoisotopic (exact) mass is 516 g/mol. The summed E-state index contributed by atoms with van der Waals surface area (Å²) in [4.78, 5) is 20.2. The molecule has 190 valence electrons. The van der Waals surface area contributed by atoms with Crippen LogP contribution in [0, 0.1) is 0 Å². The van der Waals surface area contributed by atoms with Crippen molar-refractivity contribution in [2.75, 3.05) is 20.2 Å². The molecule has 6 rings (SSSR count). The van der Waals surface area contributed by atoms with Gasteiger partial charge in [0.25, 0.3) is 0 Å². The highest BCUT2D eigenvalue weighted by molar-refractivity contribution is 7.89. The molecule has 0 bridgehead atoms. The Hall–Kier alpha value is -3.69. The summed E-state index contributed by atoms with van der Waals surface area (Å²) < 4.78 is 36.8. The van der Waals surface area contributed by atoms with Crippen LogP contribution in [-0.2, 0) is 21.4 Å². The zero-order valence-corrected chi connectivity index (χ0v) is 21.3. The predicted molar refractivity (Wildman–Crippen MR) is 140 cm³/mol. The normalized spacial score (nSPS) is 17.7. The number of aromatic nitrogens is 2. The first-order valence-electron chi connectivity index (χ1n) is 12.4. The number of pyridine rings is 1. The highest BCUT2D eigenvalue weighted by atomic mass is 32.2. The van der Waals surface area contributed by atoms with Crippen LogP contribution < -0.4 is 4.74 Å². The predicted octanol–water partition coefficient (Wildman–Crippen LogP) is 3.83. The summed E-state index contributed by atoms with van der Waals surface area (Å²) in [6.07, 6.45) is 5.09. The number of carbonyl (C=O) groups excluding carboxylic acids is 1. The van der Waals surface area contributed by atoms with Crippen LogP contribution in [-0.4, -0.2) is 59.3 Å². The van der Waals surface area contributed by atoms with Gasteiger partial charge in [-0.3, -0.25) is 9.78 Å². The zero-order chi connectivity index (χ0) is 25.6. The van der Waals surface area contributed by atoms with Gasteiger partial charge >= 0.3 is 0 Å². The van der Waals surface area contributed by atoms with Gasteiger partial charge in [0.15, 0.2) is 0 Å². The van der Waals surface area contributed by atoms with Crippen molar-refractivity contribution in [3.8, 4) is 5.75 Å². The molecule has 0 N–H and O–H groups in total. The lowest BCUT2D eigenvalue weighted by Crippen LogP contribution is -2.48. The summed E-state index contributed by atoms with van der Waals surface area (Å²) in [6, 6.07) is 19.9. The zero-order valence-electron chi connectivity index (χ0n) is 20.5. The van der Waals surface area contributed by atoms with Crippen LogP contribution >= 0.6 is 0 Å².